The van der Waals surface area contributed by atoms with Gasteiger partial charge in [0.15, 0.2) is 0 Å². The predicted molar refractivity (Wildman–Crippen MR) is 61.2 cm³/mol. The normalized spacial score (nSPS) is 23.4. The molecule has 5 N–H and O–H groups in total. The van der Waals surface area contributed by atoms with E-state index in [1.165, 1.54) is 24.4 Å². The number of halogens is 3. The first-order chi connectivity index (χ1) is 8.31. The topological polar surface area (TPSA) is 76.4 Å². The molecule has 0 radical (unpaired) electrons. The average molecular weight is 256 g/mol. The highest BCUT2D eigenvalue weighted by Crippen LogP contribution is 2.31. The van der Waals surface area contributed by atoms with Gasteiger partial charge in [0.25, 0.3) is 0 Å². The van der Waals surface area contributed by atoms with Gasteiger partial charge in [-0.2, -0.15) is 13.2 Å². The van der Waals surface area contributed by atoms with E-state index < -0.39 is 17.5 Å². The summed E-state index contributed by atoms with van der Waals surface area (Å²) in [6.07, 6.45) is -1.51. The van der Waals surface area contributed by atoms with E-state index in [1.807, 2.05) is 0 Å². The first-order valence-electron chi connectivity index (χ1n) is 5.07. The van der Waals surface area contributed by atoms with Crippen LogP contribution in [0.15, 0.2) is 41.5 Å². The van der Waals surface area contributed by atoms with Crippen molar-refractivity contribution < 1.29 is 13.2 Å². The van der Waals surface area contributed by atoms with Crippen LogP contribution in [-0.2, 0) is 12.0 Å². The lowest BCUT2D eigenvalue weighted by molar-refractivity contribution is -0.137. The van der Waals surface area contributed by atoms with Crippen molar-refractivity contribution in [2.75, 3.05) is 0 Å². The molecular weight excluding hydrogens is 245 g/mol. The predicted octanol–water partition coefficient (Wildman–Crippen LogP) is 1.25. The molecule has 18 heavy (non-hydrogen) atoms. The maximum Gasteiger partial charge on any atom is 0.416 e. The second-order valence-corrected chi connectivity index (χ2v) is 3.86. The fourth-order valence-electron chi connectivity index (χ4n) is 1.61. The molecule has 0 saturated carbocycles. The molecule has 1 aromatic rings. The Morgan fingerprint density at radius 3 is 2.61 bits per heavy atom. The first kappa shape index (κ1) is 12.4. The van der Waals surface area contributed by atoms with Crippen molar-refractivity contribution in [3.63, 3.8) is 0 Å². The molecule has 1 atom stereocenters. The Morgan fingerprint density at radius 2 is 2.00 bits per heavy atom. The van der Waals surface area contributed by atoms with Gasteiger partial charge in [0.05, 0.1) is 5.56 Å². The number of amidine groups is 1. The smallest absolute Gasteiger partial charge is 0.384 e. The summed E-state index contributed by atoms with van der Waals surface area (Å²) in [4.78, 5) is 3.91. The summed E-state index contributed by atoms with van der Waals surface area (Å²) in [6.45, 7) is 0. The van der Waals surface area contributed by atoms with Crippen LogP contribution in [0.5, 0.6) is 0 Å². The minimum Gasteiger partial charge on any atom is -0.384 e. The van der Waals surface area contributed by atoms with E-state index in [1.54, 1.807) is 0 Å². The number of hydrogen-bond acceptors (Lipinski definition) is 4. The number of aliphatic imine (C=N–C) groups is 1. The number of rotatable bonds is 1. The van der Waals surface area contributed by atoms with Crippen LogP contribution in [0.3, 0.4) is 0 Å². The lowest BCUT2D eigenvalue weighted by Crippen LogP contribution is -2.49. The maximum absolute atomic E-state index is 12.6. The lowest BCUT2D eigenvalue weighted by Gasteiger charge is -2.29. The van der Waals surface area contributed by atoms with Gasteiger partial charge in [0.1, 0.15) is 5.84 Å². The Kier molecular flexibility index (Phi) is 2.78. The summed E-state index contributed by atoms with van der Waals surface area (Å²) in [5.41, 5.74) is 10.8. The molecular formula is C11H11F3N4. The Morgan fingerprint density at radius 1 is 1.28 bits per heavy atom. The van der Waals surface area contributed by atoms with Crippen LogP contribution in [0.2, 0.25) is 0 Å². The van der Waals surface area contributed by atoms with Crippen molar-refractivity contribution >= 4 is 5.84 Å². The summed E-state index contributed by atoms with van der Waals surface area (Å²) in [5.74, 6) is -1.33. The fraction of sp³-hybridized carbons (Fsp3) is 0.182. The molecule has 1 aromatic carbocycles. The van der Waals surface area contributed by atoms with Gasteiger partial charge in [-0.15, -0.1) is 0 Å². The third-order valence-electron chi connectivity index (χ3n) is 2.49. The van der Waals surface area contributed by atoms with E-state index in [0.29, 0.717) is 0 Å². The molecule has 1 unspecified atom stereocenters. The van der Waals surface area contributed by atoms with Crippen molar-refractivity contribution in [1.29, 1.82) is 0 Å². The molecule has 4 nitrogen and oxygen atoms in total. The number of nitrogens with one attached hydrogen (secondary N) is 1. The third-order valence-corrected chi connectivity index (χ3v) is 2.49. The van der Waals surface area contributed by atoms with E-state index in [2.05, 4.69) is 10.3 Å². The second-order valence-electron chi connectivity index (χ2n) is 3.86. The third kappa shape index (κ3) is 2.30. The van der Waals surface area contributed by atoms with E-state index in [0.717, 1.165) is 12.1 Å². The molecule has 0 fully saturated rings. The van der Waals surface area contributed by atoms with Crippen LogP contribution in [0, 0.1) is 0 Å². The highest BCUT2D eigenvalue weighted by molar-refractivity contribution is 5.92. The van der Waals surface area contributed by atoms with Crippen molar-refractivity contribution in [1.82, 2.24) is 5.32 Å². The van der Waals surface area contributed by atoms with Gasteiger partial charge in [0.2, 0.25) is 5.79 Å². The summed E-state index contributed by atoms with van der Waals surface area (Å²) in [7, 11) is 0. The molecule has 7 heteroatoms. The van der Waals surface area contributed by atoms with Gasteiger partial charge in [-0.1, -0.05) is 12.1 Å². The molecule has 1 aliphatic heterocycles. The molecule has 0 saturated heterocycles. The Balaban J connectivity index is 2.43. The summed E-state index contributed by atoms with van der Waals surface area (Å²) < 4.78 is 37.8. The average Bonchev–Trinajstić information content (AvgIpc) is 2.28. The number of nitrogens with zero attached hydrogens (tertiary/aromatic N) is 1. The highest BCUT2D eigenvalue weighted by Gasteiger charge is 2.34. The van der Waals surface area contributed by atoms with Crippen molar-refractivity contribution in [2.24, 2.45) is 16.5 Å². The molecule has 0 spiro atoms. The van der Waals surface area contributed by atoms with E-state index in [9.17, 15) is 13.2 Å². The van der Waals surface area contributed by atoms with Gasteiger partial charge in [-0.05, 0) is 18.2 Å². The monoisotopic (exact) mass is 256 g/mol. The van der Waals surface area contributed by atoms with E-state index >= 15 is 0 Å². The van der Waals surface area contributed by atoms with Crippen LogP contribution in [0.1, 0.15) is 11.1 Å². The van der Waals surface area contributed by atoms with Gasteiger partial charge < -0.3 is 11.1 Å². The van der Waals surface area contributed by atoms with Gasteiger partial charge in [-0.25, -0.2) is 4.99 Å². The van der Waals surface area contributed by atoms with Crippen molar-refractivity contribution in [2.45, 2.75) is 12.0 Å². The molecule has 0 amide bonds. The van der Waals surface area contributed by atoms with Crippen LogP contribution in [0.25, 0.3) is 0 Å². The van der Waals surface area contributed by atoms with Gasteiger partial charge in [0, 0.05) is 11.8 Å². The van der Waals surface area contributed by atoms with E-state index in [4.69, 9.17) is 11.5 Å². The molecule has 1 aliphatic rings. The second kappa shape index (κ2) is 4.02. The SMILES string of the molecule is NC1=NC(N)(c2cccc(C(F)(F)F)c2)NC=C1. The maximum atomic E-state index is 12.6. The minimum absolute atomic E-state index is 0.147. The Bertz CT molecular complexity index is 521. The minimum atomic E-state index is -4.42. The Labute approximate surface area is 101 Å². The first-order valence-corrected chi connectivity index (χ1v) is 5.07. The van der Waals surface area contributed by atoms with Crippen molar-refractivity contribution in [3.8, 4) is 0 Å². The zero-order chi connectivity index (χ0) is 13.4. The standard InChI is InChI=1S/C11H11F3N4/c12-10(13,14)7-2-1-3-8(6-7)11(16)17-5-4-9(15)18-11/h1-6,17H,16H2,(H2,15,18). The van der Waals surface area contributed by atoms with E-state index in [-0.39, 0.29) is 11.4 Å². The largest absolute Gasteiger partial charge is 0.416 e. The quantitative estimate of drug-likeness (QED) is 0.707. The number of nitrogens with two attached hydrogens (primary N) is 2. The molecule has 1 heterocycles. The van der Waals surface area contributed by atoms with Crippen molar-refractivity contribution in [3.05, 3.63) is 47.7 Å². The fourth-order valence-corrected chi connectivity index (χ4v) is 1.61. The highest BCUT2D eigenvalue weighted by atomic mass is 19.4. The van der Waals surface area contributed by atoms with Crippen LogP contribution in [-0.4, -0.2) is 5.84 Å². The van der Waals surface area contributed by atoms with Crippen LogP contribution >= 0.6 is 0 Å². The molecule has 0 bridgehead atoms. The summed E-state index contributed by atoms with van der Waals surface area (Å²) >= 11 is 0. The number of alkyl halides is 3. The van der Waals surface area contributed by atoms with Crippen LogP contribution < -0.4 is 16.8 Å². The number of benzene rings is 1. The summed E-state index contributed by atoms with van der Waals surface area (Å²) in [6, 6.07) is 4.65. The zero-order valence-corrected chi connectivity index (χ0v) is 9.20. The number of hydrogen-bond donors (Lipinski definition) is 3. The van der Waals surface area contributed by atoms with Crippen LogP contribution in [0.4, 0.5) is 13.2 Å². The molecule has 96 valence electrons. The molecule has 0 aromatic heterocycles. The summed E-state index contributed by atoms with van der Waals surface area (Å²) in [5, 5.41) is 2.68. The van der Waals surface area contributed by atoms with Gasteiger partial charge in [-0.3, -0.25) is 5.73 Å². The van der Waals surface area contributed by atoms with Gasteiger partial charge >= 0.3 is 6.18 Å². The molecule has 0 aliphatic carbocycles. The molecule has 2 rings (SSSR count). The lowest BCUT2D eigenvalue weighted by atomic mass is 10.0. The zero-order valence-electron chi connectivity index (χ0n) is 9.20. The Hall–Kier alpha value is -2.02.